The molecule has 88 valence electrons. The molecule has 1 atom stereocenters. The van der Waals surface area contributed by atoms with Crippen molar-refractivity contribution in [3.05, 3.63) is 35.6 Å². The van der Waals surface area contributed by atoms with Gasteiger partial charge in [-0.1, -0.05) is 11.6 Å². The summed E-state index contributed by atoms with van der Waals surface area (Å²) in [7, 11) is 0. The van der Waals surface area contributed by atoms with Gasteiger partial charge in [0, 0.05) is 11.6 Å². The molecule has 1 unspecified atom stereocenters. The van der Waals surface area contributed by atoms with Gasteiger partial charge in [-0.25, -0.2) is 4.98 Å². The third-order valence-electron chi connectivity index (χ3n) is 3.30. The lowest BCUT2D eigenvalue weighted by Gasteiger charge is -2.14. The van der Waals surface area contributed by atoms with Gasteiger partial charge in [-0.05, 0) is 55.3 Å². The molecule has 17 heavy (non-hydrogen) atoms. The fourth-order valence-corrected chi connectivity index (χ4v) is 2.30. The van der Waals surface area contributed by atoms with Crippen LogP contribution in [0.5, 0.6) is 5.75 Å². The molecule has 2 nitrogen and oxygen atoms in total. The lowest BCUT2D eigenvalue weighted by Crippen LogP contribution is -2.13. The first kappa shape index (κ1) is 10.8. The number of benzene rings is 1. The first-order valence-corrected chi connectivity index (χ1v) is 6.33. The molecular formula is C14H14ClNO. The van der Waals surface area contributed by atoms with Gasteiger partial charge in [0.1, 0.15) is 10.9 Å². The molecule has 2 aromatic rings. The molecule has 1 aliphatic carbocycles. The highest BCUT2D eigenvalue weighted by atomic mass is 35.5. The van der Waals surface area contributed by atoms with Crippen molar-refractivity contribution < 1.29 is 4.74 Å². The third kappa shape index (κ3) is 2.22. The molecular weight excluding hydrogens is 234 g/mol. The lowest BCUT2D eigenvalue weighted by molar-refractivity contribution is 0.198. The first-order valence-electron chi connectivity index (χ1n) is 5.95. The second-order valence-electron chi connectivity index (χ2n) is 4.65. The number of nitrogens with zero attached hydrogens (tertiary/aromatic N) is 1. The average Bonchev–Trinajstić information content (AvgIpc) is 3.13. The highest BCUT2D eigenvalue weighted by Gasteiger charge is 2.29. The van der Waals surface area contributed by atoms with E-state index in [1.807, 2.05) is 24.3 Å². The van der Waals surface area contributed by atoms with E-state index in [9.17, 15) is 0 Å². The molecule has 1 saturated carbocycles. The minimum Gasteiger partial charge on any atom is -0.490 e. The Bertz CT molecular complexity index is 551. The molecule has 0 saturated heterocycles. The molecule has 1 aromatic heterocycles. The van der Waals surface area contributed by atoms with E-state index in [4.69, 9.17) is 16.3 Å². The maximum absolute atomic E-state index is 6.02. The van der Waals surface area contributed by atoms with E-state index in [0.717, 1.165) is 22.4 Å². The zero-order valence-electron chi connectivity index (χ0n) is 9.69. The maximum Gasteiger partial charge on any atom is 0.136 e. The van der Waals surface area contributed by atoms with Crippen LogP contribution in [0.3, 0.4) is 0 Å². The predicted molar refractivity (Wildman–Crippen MR) is 69.6 cm³/mol. The van der Waals surface area contributed by atoms with E-state index in [2.05, 4.69) is 11.9 Å². The second-order valence-corrected chi connectivity index (χ2v) is 5.00. The van der Waals surface area contributed by atoms with Crippen molar-refractivity contribution >= 4 is 22.4 Å². The molecule has 1 heterocycles. The number of halogens is 1. The summed E-state index contributed by atoms with van der Waals surface area (Å²) in [5.74, 6) is 1.66. The van der Waals surface area contributed by atoms with Crippen molar-refractivity contribution in [2.45, 2.75) is 25.9 Å². The summed E-state index contributed by atoms with van der Waals surface area (Å²) in [6.45, 7) is 2.14. The van der Waals surface area contributed by atoms with Crippen LogP contribution < -0.4 is 4.74 Å². The average molecular weight is 248 g/mol. The quantitative estimate of drug-likeness (QED) is 0.763. The Morgan fingerprint density at radius 2 is 2.18 bits per heavy atom. The zero-order chi connectivity index (χ0) is 11.8. The molecule has 0 aliphatic heterocycles. The van der Waals surface area contributed by atoms with E-state index in [0.29, 0.717) is 11.3 Å². The highest BCUT2D eigenvalue weighted by molar-refractivity contribution is 6.34. The first-order chi connectivity index (χ1) is 8.24. The highest BCUT2D eigenvalue weighted by Crippen LogP contribution is 2.35. The SMILES string of the molecule is CC(Oc1ccc2c(Cl)nccc2c1)C1CC1. The Balaban J connectivity index is 1.90. The predicted octanol–water partition coefficient (Wildman–Crippen LogP) is 4.07. The molecule has 0 N–H and O–H groups in total. The van der Waals surface area contributed by atoms with Gasteiger partial charge in [0.2, 0.25) is 0 Å². The van der Waals surface area contributed by atoms with Crippen molar-refractivity contribution in [2.24, 2.45) is 5.92 Å². The van der Waals surface area contributed by atoms with Gasteiger partial charge in [-0.15, -0.1) is 0 Å². The van der Waals surface area contributed by atoms with Crippen LogP contribution in [0.1, 0.15) is 19.8 Å². The third-order valence-corrected chi connectivity index (χ3v) is 3.60. The van der Waals surface area contributed by atoms with E-state index in [1.54, 1.807) is 6.20 Å². The number of ether oxygens (including phenoxy) is 1. The summed E-state index contributed by atoms with van der Waals surface area (Å²) in [6, 6.07) is 7.92. The van der Waals surface area contributed by atoms with E-state index in [1.165, 1.54) is 12.8 Å². The Morgan fingerprint density at radius 3 is 2.94 bits per heavy atom. The van der Waals surface area contributed by atoms with Gasteiger partial charge >= 0.3 is 0 Å². The van der Waals surface area contributed by atoms with Crippen LogP contribution in [-0.4, -0.2) is 11.1 Å². The Labute approximate surface area is 106 Å². The van der Waals surface area contributed by atoms with Gasteiger partial charge < -0.3 is 4.74 Å². The van der Waals surface area contributed by atoms with Crippen molar-refractivity contribution in [3.8, 4) is 5.75 Å². The number of fused-ring (bicyclic) bond motifs is 1. The molecule has 0 amide bonds. The second kappa shape index (κ2) is 4.19. The minimum absolute atomic E-state index is 0.310. The van der Waals surface area contributed by atoms with Crippen LogP contribution >= 0.6 is 11.6 Å². The largest absolute Gasteiger partial charge is 0.490 e. The molecule has 3 rings (SSSR count). The van der Waals surface area contributed by atoms with Gasteiger partial charge in [-0.3, -0.25) is 0 Å². The Hall–Kier alpha value is -1.28. The molecule has 1 fully saturated rings. The van der Waals surface area contributed by atoms with Gasteiger partial charge in [0.25, 0.3) is 0 Å². The lowest BCUT2D eigenvalue weighted by atomic mass is 10.1. The van der Waals surface area contributed by atoms with E-state index in [-0.39, 0.29) is 0 Å². The fourth-order valence-electron chi connectivity index (χ4n) is 2.07. The molecule has 1 aromatic carbocycles. The number of hydrogen-bond donors (Lipinski definition) is 0. The van der Waals surface area contributed by atoms with Crippen molar-refractivity contribution in [2.75, 3.05) is 0 Å². The summed E-state index contributed by atoms with van der Waals surface area (Å²) in [5.41, 5.74) is 0. The minimum atomic E-state index is 0.310. The van der Waals surface area contributed by atoms with Crippen LogP contribution in [0.2, 0.25) is 5.15 Å². The van der Waals surface area contributed by atoms with Gasteiger partial charge in [-0.2, -0.15) is 0 Å². The Morgan fingerprint density at radius 1 is 1.35 bits per heavy atom. The molecule has 0 radical (unpaired) electrons. The van der Waals surface area contributed by atoms with Gasteiger partial charge in [0.05, 0.1) is 6.10 Å². The van der Waals surface area contributed by atoms with Crippen LogP contribution in [0.15, 0.2) is 30.5 Å². The normalized spacial score (nSPS) is 17.1. The number of aromatic nitrogens is 1. The van der Waals surface area contributed by atoms with Crippen LogP contribution in [0.25, 0.3) is 10.8 Å². The summed E-state index contributed by atoms with van der Waals surface area (Å²) in [5, 5.41) is 2.59. The molecule has 0 spiro atoms. The topological polar surface area (TPSA) is 22.1 Å². The van der Waals surface area contributed by atoms with Crippen molar-refractivity contribution in [1.29, 1.82) is 0 Å². The smallest absolute Gasteiger partial charge is 0.136 e. The zero-order valence-corrected chi connectivity index (χ0v) is 10.4. The standard InChI is InChI=1S/C14H14ClNO/c1-9(10-2-3-10)17-12-4-5-13-11(8-12)6-7-16-14(13)15/h4-10H,2-3H2,1H3. The van der Waals surface area contributed by atoms with Crippen molar-refractivity contribution in [3.63, 3.8) is 0 Å². The Kier molecular flexibility index (Phi) is 2.67. The number of rotatable bonds is 3. The number of hydrogen-bond acceptors (Lipinski definition) is 2. The fraction of sp³-hybridized carbons (Fsp3) is 0.357. The van der Waals surface area contributed by atoms with E-state index < -0.39 is 0 Å². The summed E-state index contributed by atoms with van der Waals surface area (Å²) >= 11 is 6.02. The summed E-state index contributed by atoms with van der Waals surface area (Å²) < 4.78 is 5.92. The monoisotopic (exact) mass is 247 g/mol. The maximum atomic E-state index is 6.02. The van der Waals surface area contributed by atoms with Crippen molar-refractivity contribution in [1.82, 2.24) is 4.98 Å². The van der Waals surface area contributed by atoms with Crippen LogP contribution in [-0.2, 0) is 0 Å². The summed E-state index contributed by atoms with van der Waals surface area (Å²) in [6.07, 6.45) is 4.62. The van der Waals surface area contributed by atoms with Gasteiger partial charge in [0.15, 0.2) is 0 Å². The summed E-state index contributed by atoms with van der Waals surface area (Å²) in [4.78, 5) is 4.06. The molecule has 1 aliphatic rings. The van der Waals surface area contributed by atoms with Crippen LogP contribution in [0, 0.1) is 5.92 Å². The molecule has 0 bridgehead atoms. The van der Waals surface area contributed by atoms with E-state index >= 15 is 0 Å². The molecule has 3 heteroatoms. The number of pyridine rings is 1. The van der Waals surface area contributed by atoms with Crippen LogP contribution in [0.4, 0.5) is 0 Å².